The van der Waals surface area contributed by atoms with Crippen LogP contribution in [0.2, 0.25) is 0 Å². The van der Waals surface area contributed by atoms with Gasteiger partial charge < -0.3 is 9.80 Å². The molecular weight excluding hydrogens is 312 g/mol. The minimum atomic E-state index is -0.251. The molecule has 4 rings (SSSR count). The first-order valence-corrected chi connectivity index (χ1v) is 8.87. The van der Waals surface area contributed by atoms with Crippen LogP contribution in [0.25, 0.3) is 0 Å². The second kappa shape index (κ2) is 6.36. The van der Waals surface area contributed by atoms with Gasteiger partial charge >= 0.3 is 0 Å². The Balaban J connectivity index is 1.34. The molecule has 0 atom stereocenters. The van der Waals surface area contributed by atoms with Crippen molar-refractivity contribution < 1.29 is 9.59 Å². The number of likely N-dealkylation sites (tertiary alicyclic amines) is 1. The van der Waals surface area contributed by atoms with E-state index >= 15 is 0 Å². The van der Waals surface area contributed by atoms with E-state index in [1.807, 2.05) is 70.5 Å². The molecule has 0 bridgehead atoms. The summed E-state index contributed by atoms with van der Waals surface area (Å²) in [7, 11) is 0. The van der Waals surface area contributed by atoms with Crippen molar-refractivity contribution >= 4 is 17.5 Å². The summed E-state index contributed by atoms with van der Waals surface area (Å²) in [6, 6.07) is 19.7. The van der Waals surface area contributed by atoms with Gasteiger partial charge in [0.1, 0.15) is 0 Å². The number of hydrogen-bond acceptors (Lipinski definition) is 2. The smallest absolute Gasteiger partial charge is 0.235 e. The molecule has 2 aliphatic rings. The van der Waals surface area contributed by atoms with Gasteiger partial charge in [-0.2, -0.15) is 0 Å². The molecule has 0 aromatic heterocycles. The SMILES string of the molecule is O=C(Cc1ccccc1)N1CCC2(CC1)CN(c1ccccc1)C2=O. The number of anilines is 1. The molecule has 0 N–H and O–H groups in total. The summed E-state index contributed by atoms with van der Waals surface area (Å²) in [5, 5.41) is 0. The zero-order chi connectivity index (χ0) is 17.3. The predicted octanol–water partition coefficient (Wildman–Crippen LogP) is 2.88. The van der Waals surface area contributed by atoms with Crippen molar-refractivity contribution in [3.63, 3.8) is 0 Å². The number of carbonyl (C=O) groups is 2. The van der Waals surface area contributed by atoms with Crippen molar-refractivity contribution in [2.24, 2.45) is 5.41 Å². The highest BCUT2D eigenvalue weighted by atomic mass is 16.2. The van der Waals surface area contributed by atoms with Crippen LogP contribution < -0.4 is 4.90 Å². The molecule has 2 fully saturated rings. The van der Waals surface area contributed by atoms with Crippen LogP contribution in [0.4, 0.5) is 5.69 Å². The molecule has 128 valence electrons. The number of amides is 2. The first kappa shape index (κ1) is 15.9. The standard InChI is InChI=1S/C21H22N2O2/c24-19(15-17-7-3-1-4-8-17)22-13-11-21(12-14-22)16-23(20(21)25)18-9-5-2-6-10-18/h1-10H,11-16H2. The van der Waals surface area contributed by atoms with Crippen molar-refractivity contribution in [3.8, 4) is 0 Å². The van der Waals surface area contributed by atoms with Crippen LogP contribution >= 0.6 is 0 Å². The van der Waals surface area contributed by atoms with Gasteiger partial charge in [0.25, 0.3) is 0 Å². The van der Waals surface area contributed by atoms with Crippen molar-refractivity contribution in [1.82, 2.24) is 4.90 Å². The summed E-state index contributed by atoms with van der Waals surface area (Å²) in [6.45, 7) is 2.14. The van der Waals surface area contributed by atoms with E-state index < -0.39 is 0 Å². The Morgan fingerprint density at radius 1 is 0.920 bits per heavy atom. The average Bonchev–Trinajstić information content (AvgIpc) is 2.67. The van der Waals surface area contributed by atoms with Gasteiger partial charge in [0.2, 0.25) is 11.8 Å². The van der Waals surface area contributed by atoms with Crippen LogP contribution in [-0.4, -0.2) is 36.3 Å². The zero-order valence-electron chi connectivity index (χ0n) is 14.2. The Kier molecular flexibility index (Phi) is 4.04. The molecule has 0 aliphatic carbocycles. The molecule has 2 saturated heterocycles. The predicted molar refractivity (Wildman–Crippen MR) is 97.2 cm³/mol. The summed E-state index contributed by atoms with van der Waals surface area (Å²) >= 11 is 0. The van der Waals surface area contributed by atoms with Crippen LogP contribution in [0.15, 0.2) is 60.7 Å². The van der Waals surface area contributed by atoms with Crippen molar-refractivity contribution in [3.05, 3.63) is 66.2 Å². The lowest BCUT2D eigenvalue weighted by Crippen LogP contribution is -2.65. The monoisotopic (exact) mass is 334 g/mol. The minimum Gasteiger partial charge on any atom is -0.342 e. The molecule has 25 heavy (non-hydrogen) atoms. The van der Waals surface area contributed by atoms with Crippen molar-refractivity contribution in [1.29, 1.82) is 0 Å². The van der Waals surface area contributed by atoms with E-state index in [9.17, 15) is 9.59 Å². The van der Waals surface area contributed by atoms with E-state index in [-0.39, 0.29) is 17.2 Å². The van der Waals surface area contributed by atoms with Crippen LogP contribution in [0.1, 0.15) is 18.4 Å². The third-order valence-corrected chi connectivity index (χ3v) is 5.50. The maximum absolute atomic E-state index is 12.7. The molecule has 0 saturated carbocycles. The van der Waals surface area contributed by atoms with Crippen molar-refractivity contribution in [2.75, 3.05) is 24.5 Å². The van der Waals surface area contributed by atoms with Crippen LogP contribution in [-0.2, 0) is 16.0 Å². The molecule has 2 heterocycles. The van der Waals surface area contributed by atoms with E-state index in [1.54, 1.807) is 0 Å². The summed E-state index contributed by atoms with van der Waals surface area (Å²) in [5.41, 5.74) is 1.77. The van der Waals surface area contributed by atoms with Gasteiger partial charge in [-0.1, -0.05) is 48.5 Å². The molecule has 4 nitrogen and oxygen atoms in total. The molecule has 2 aliphatic heterocycles. The van der Waals surface area contributed by atoms with E-state index in [0.717, 1.165) is 30.6 Å². The third kappa shape index (κ3) is 2.93. The Hall–Kier alpha value is -2.62. The second-order valence-electron chi connectivity index (χ2n) is 7.05. The zero-order valence-corrected chi connectivity index (χ0v) is 14.2. The number of hydrogen-bond donors (Lipinski definition) is 0. The first-order chi connectivity index (χ1) is 12.2. The van der Waals surface area contributed by atoms with Crippen molar-refractivity contribution in [2.45, 2.75) is 19.3 Å². The van der Waals surface area contributed by atoms with Crippen LogP contribution in [0, 0.1) is 5.41 Å². The topological polar surface area (TPSA) is 40.6 Å². The highest BCUT2D eigenvalue weighted by molar-refractivity contribution is 6.04. The summed E-state index contributed by atoms with van der Waals surface area (Å²) in [4.78, 5) is 29.0. The van der Waals surface area contributed by atoms with Gasteiger partial charge in [0, 0.05) is 25.3 Å². The highest BCUT2D eigenvalue weighted by Crippen LogP contribution is 2.43. The number of piperidine rings is 1. The molecule has 4 heteroatoms. The molecule has 0 radical (unpaired) electrons. The van der Waals surface area contributed by atoms with E-state index in [2.05, 4.69) is 0 Å². The van der Waals surface area contributed by atoms with E-state index in [4.69, 9.17) is 0 Å². The molecule has 1 spiro atoms. The van der Waals surface area contributed by atoms with E-state index in [1.165, 1.54) is 0 Å². The van der Waals surface area contributed by atoms with Gasteiger partial charge in [0.15, 0.2) is 0 Å². The number of β-lactam (4-membered cyclic amide) rings is 1. The molecule has 2 aromatic carbocycles. The fourth-order valence-corrected chi connectivity index (χ4v) is 3.89. The fraction of sp³-hybridized carbons (Fsp3) is 0.333. The fourth-order valence-electron chi connectivity index (χ4n) is 3.89. The molecular formula is C21H22N2O2. The van der Waals surface area contributed by atoms with Crippen LogP contribution in [0.5, 0.6) is 0 Å². The number of carbonyl (C=O) groups excluding carboxylic acids is 2. The lowest BCUT2D eigenvalue weighted by Gasteiger charge is -2.52. The van der Waals surface area contributed by atoms with Gasteiger partial charge in [-0.3, -0.25) is 9.59 Å². The Morgan fingerprint density at radius 3 is 2.12 bits per heavy atom. The molecule has 0 unspecified atom stereocenters. The number of rotatable bonds is 3. The van der Waals surface area contributed by atoms with E-state index in [0.29, 0.717) is 19.5 Å². The quantitative estimate of drug-likeness (QED) is 0.810. The molecule has 2 amide bonds. The van der Waals surface area contributed by atoms with Gasteiger partial charge in [0.05, 0.1) is 11.8 Å². The summed E-state index contributed by atoms with van der Waals surface area (Å²) < 4.78 is 0. The highest BCUT2D eigenvalue weighted by Gasteiger charge is 2.53. The number of nitrogens with zero attached hydrogens (tertiary/aromatic N) is 2. The lowest BCUT2D eigenvalue weighted by molar-refractivity contribution is -0.143. The second-order valence-corrected chi connectivity index (χ2v) is 7.05. The minimum absolute atomic E-state index is 0.160. The maximum Gasteiger partial charge on any atom is 0.235 e. The summed E-state index contributed by atoms with van der Waals surface area (Å²) in [5.74, 6) is 0.376. The Labute approximate surface area is 148 Å². The first-order valence-electron chi connectivity index (χ1n) is 8.87. The third-order valence-electron chi connectivity index (χ3n) is 5.50. The number of benzene rings is 2. The van der Waals surface area contributed by atoms with Gasteiger partial charge in [-0.05, 0) is 30.5 Å². The molecule has 2 aromatic rings. The Bertz CT molecular complexity index is 765. The van der Waals surface area contributed by atoms with Crippen LogP contribution in [0.3, 0.4) is 0 Å². The Morgan fingerprint density at radius 2 is 1.52 bits per heavy atom. The number of para-hydroxylation sites is 1. The average molecular weight is 334 g/mol. The van der Waals surface area contributed by atoms with Gasteiger partial charge in [-0.25, -0.2) is 0 Å². The van der Waals surface area contributed by atoms with Gasteiger partial charge in [-0.15, -0.1) is 0 Å². The normalized spacial score (nSPS) is 19.0. The largest absolute Gasteiger partial charge is 0.342 e. The lowest BCUT2D eigenvalue weighted by atomic mass is 9.70. The summed E-state index contributed by atoms with van der Waals surface area (Å²) in [6.07, 6.45) is 1.99. The maximum atomic E-state index is 12.7.